The van der Waals surface area contributed by atoms with Gasteiger partial charge in [-0.15, -0.1) is 11.8 Å². The van der Waals surface area contributed by atoms with E-state index in [4.69, 9.17) is 11.6 Å². The molecule has 0 aromatic carbocycles. The third-order valence-electron chi connectivity index (χ3n) is 1.05. The minimum absolute atomic E-state index is 0.722. The molecule has 1 aromatic rings. The number of thiol groups is 1. The Balaban J connectivity index is 2.62. The Bertz CT molecular complexity index is 229. The van der Waals surface area contributed by atoms with Crippen LogP contribution in [0.3, 0.4) is 0 Å². The summed E-state index contributed by atoms with van der Waals surface area (Å²) in [6.07, 6.45) is 1.74. The molecule has 60 valence electrons. The molecular formula is C7H8ClNS2. The van der Waals surface area contributed by atoms with Crippen LogP contribution in [0.4, 0.5) is 0 Å². The molecule has 0 amide bonds. The van der Waals surface area contributed by atoms with E-state index in [2.05, 4.69) is 17.6 Å². The number of halogens is 1. The lowest BCUT2D eigenvalue weighted by Gasteiger charge is -1.98. The van der Waals surface area contributed by atoms with Crippen molar-refractivity contribution in [3.05, 3.63) is 23.4 Å². The Morgan fingerprint density at radius 3 is 3.09 bits per heavy atom. The van der Waals surface area contributed by atoms with Gasteiger partial charge in [-0.05, 0) is 17.9 Å². The van der Waals surface area contributed by atoms with Gasteiger partial charge in [0, 0.05) is 11.9 Å². The maximum absolute atomic E-state index is 5.85. The molecule has 1 nitrogen and oxygen atoms in total. The van der Waals surface area contributed by atoms with Gasteiger partial charge in [-0.2, -0.15) is 12.6 Å². The molecule has 0 saturated carbocycles. The van der Waals surface area contributed by atoms with Crippen molar-refractivity contribution in [3.63, 3.8) is 0 Å². The van der Waals surface area contributed by atoms with Gasteiger partial charge < -0.3 is 0 Å². The third kappa shape index (κ3) is 2.93. The summed E-state index contributed by atoms with van der Waals surface area (Å²) >= 11 is 11.6. The van der Waals surface area contributed by atoms with Gasteiger partial charge in [0.25, 0.3) is 0 Å². The molecule has 4 heteroatoms. The van der Waals surface area contributed by atoms with Crippen molar-refractivity contribution in [3.8, 4) is 0 Å². The summed E-state index contributed by atoms with van der Waals surface area (Å²) in [6, 6.07) is 3.67. The van der Waals surface area contributed by atoms with Crippen LogP contribution in [0.15, 0.2) is 23.4 Å². The largest absolute Gasteiger partial charge is 0.248 e. The molecule has 0 aliphatic rings. The Labute approximate surface area is 81.0 Å². The highest BCUT2D eigenvalue weighted by Gasteiger charge is 1.98. The summed E-state index contributed by atoms with van der Waals surface area (Å²) in [4.78, 5) is 4.11. The molecule has 0 N–H and O–H groups in total. The van der Waals surface area contributed by atoms with E-state index in [-0.39, 0.29) is 0 Å². The monoisotopic (exact) mass is 205 g/mol. The average molecular weight is 206 g/mol. The van der Waals surface area contributed by atoms with Crippen molar-refractivity contribution in [2.24, 2.45) is 0 Å². The van der Waals surface area contributed by atoms with Gasteiger partial charge in [-0.1, -0.05) is 11.6 Å². The topological polar surface area (TPSA) is 12.9 Å². The van der Waals surface area contributed by atoms with E-state index in [1.165, 1.54) is 0 Å². The zero-order valence-corrected chi connectivity index (χ0v) is 8.29. The van der Waals surface area contributed by atoms with Crippen LogP contribution in [0.25, 0.3) is 0 Å². The first-order valence-electron chi connectivity index (χ1n) is 3.19. The molecule has 0 aliphatic carbocycles. The van der Waals surface area contributed by atoms with E-state index in [9.17, 15) is 0 Å². The fourth-order valence-corrected chi connectivity index (χ4v) is 1.80. The fraction of sp³-hybridized carbons (Fsp3) is 0.286. The predicted octanol–water partition coefficient (Wildman–Crippen LogP) is 2.76. The van der Waals surface area contributed by atoms with Gasteiger partial charge in [0.15, 0.2) is 0 Å². The maximum Gasteiger partial charge on any atom is 0.115 e. The van der Waals surface area contributed by atoms with Crippen LogP contribution >= 0.6 is 36.0 Å². The number of aromatic nitrogens is 1. The second-order valence-electron chi connectivity index (χ2n) is 1.86. The van der Waals surface area contributed by atoms with Crippen LogP contribution in [-0.2, 0) is 0 Å². The van der Waals surface area contributed by atoms with E-state index >= 15 is 0 Å². The Kier molecular flexibility index (Phi) is 4.12. The quantitative estimate of drug-likeness (QED) is 0.602. The van der Waals surface area contributed by atoms with Crippen LogP contribution < -0.4 is 0 Å². The van der Waals surface area contributed by atoms with Crippen molar-refractivity contribution in [1.82, 2.24) is 4.98 Å². The Morgan fingerprint density at radius 2 is 2.45 bits per heavy atom. The number of thioether (sulfide) groups is 1. The molecule has 11 heavy (non-hydrogen) atoms. The summed E-state index contributed by atoms with van der Waals surface area (Å²) < 4.78 is 0. The lowest BCUT2D eigenvalue weighted by atomic mass is 10.5. The summed E-state index contributed by atoms with van der Waals surface area (Å²) in [5, 5.41) is 1.61. The first kappa shape index (κ1) is 9.23. The van der Waals surface area contributed by atoms with Crippen molar-refractivity contribution in [2.45, 2.75) is 5.03 Å². The molecule has 0 spiro atoms. The van der Waals surface area contributed by atoms with Gasteiger partial charge in [0.1, 0.15) is 5.03 Å². The van der Waals surface area contributed by atoms with Crippen molar-refractivity contribution in [1.29, 1.82) is 0 Å². The molecule has 1 heterocycles. The molecule has 0 fully saturated rings. The standard InChI is InChI=1S/C7H8ClNS2/c8-6-2-1-3-9-7(6)11-5-4-10/h1-3,10H,4-5H2. The lowest BCUT2D eigenvalue weighted by Crippen LogP contribution is -1.83. The van der Waals surface area contributed by atoms with Crippen LogP contribution in [0.2, 0.25) is 5.02 Å². The van der Waals surface area contributed by atoms with Crippen LogP contribution in [-0.4, -0.2) is 16.5 Å². The molecule has 0 radical (unpaired) electrons. The molecule has 0 atom stereocenters. The summed E-state index contributed by atoms with van der Waals surface area (Å²) in [5.41, 5.74) is 0. The SMILES string of the molecule is SCCSc1ncccc1Cl. The number of rotatable bonds is 3. The second-order valence-corrected chi connectivity index (χ2v) is 3.80. The number of hydrogen-bond acceptors (Lipinski definition) is 3. The average Bonchev–Trinajstić information content (AvgIpc) is 2.03. The highest BCUT2D eigenvalue weighted by atomic mass is 35.5. The smallest absolute Gasteiger partial charge is 0.115 e. The van der Waals surface area contributed by atoms with E-state index in [0.29, 0.717) is 0 Å². The van der Waals surface area contributed by atoms with E-state index < -0.39 is 0 Å². The normalized spacial score (nSPS) is 10.0. The van der Waals surface area contributed by atoms with E-state index in [1.54, 1.807) is 18.0 Å². The lowest BCUT2D eigenvalue weighted by molar-refractivity contribution is 1.13. The molecule has 1 rings (SSSR count). The van der Waals surface area contributed by atoms with Gasteiger partial charge >= 0.3 is 0 Å². The third-order valence-corrected chi connectivity index (χ3v) is 3.01. The van der Waals surface area contributed by atoms with Gasteiger partial charge in [-0.25, -0.2) is 4.98 Å². The van der Waals surface area contributed by atoms with Crippen molar-refractivity contribution >= 4 is 36.0 Å². The first-order chi connectivity index (χ1) is 5.34. The first-order valence-corrected chi connectivity index (χ1v) is 5.18. The molecule has 0 aliphatic heterocycles. The number of pyridine rings is 1. The molecule has 0 unspecified atom stereocenters. The summed E-state index contributed by atoms with van der Waals surface area (Å²) in [6.45, 7) is 0. The summed E-state index contributed by atoms with van der Waals surface area (Å²) in [5.74, 6) is 1.79. The van der Waals surface area contributed by atoms with Crippen LogP contribution in [0.5, 0.6) is 0 Å². The molecule has 1 aromatic heterocycles. The highest BCUT2D eigenvalue weighted by molar-refractivity contribution is 8.00. The van der Waals surface area contributed by atoms with Crippen molar-refractivity contribution < 1.29 is 0 Å². The second kappa shape index (κ2) is 4.91. The van der Waals surface area contributed by atoms with Crippen molar-refractivity contribution in [2.75, 3.05) is 11.5 Å². The fourth-order valence-electron chi connectivity index (χ4n) is 0.620. The number of hydrogen-bond donors (Lipinski definition) is 1. The minimum atomic E-state index is 0.722. The predicted molar refractivity (Wildman–Crippen MR) is 53.8 cm³/mol. The molecular weight excluding hydrogens is 198 g/mol. The zero-order valence-electron chi connectivity index (χ0n) is 5.83. The Morgan fingerprint density at radius 1 is 1.64 bits per heavy atom. The van der Waals surface area contributed by atoms with E-state index in [1.807, 2.05) is 12.1 Å². The van der Waals surface area contributed by atoms with Crippen LogP contribution in [0, 0.1) is 0 Å². The minimum Gasteiger partial charge on any atom is -0.248 e. The zero-order chi connectivity index (χ0) is 8.10. The summed E-state index contributed by atoms with van der Waals surface area (Å²) in [7, 11) is 0. The van der Waals surface area contributed by atoms with Gasteiger partial charge in [0.2, 0.25) is 0 Å². The van der Waals surface area contributed by atoms with Gasteiger partial charge in [-0.3, -0.25) is 0 Å². The van der Waals surface area contributed by atoms with Crippen LogP contribution in [0.1, 0.15) is 0 Å². The molecule has 0 bridgehead atoms. The highest BCUT2D eigenvalue weighted by Crippen LogP contribution is 2.23. The Hall–Kier alpha value is 0.140. The molecule has 0 saturated heterocycles. The maximum atomic E-state index is 5.85. The van der Waals surface area contributed by atoms with Gasteiger partial charge in [0.05, 0.1) is 5.02 Å². The van der Waals surface area contributed by atoms with E-state index in [0.717, 1.165) is 21.6 Å². The number of nitrogens with zero attached hydrogens (tertiary/aromatic N) is 1.